The summed E-state index contributed by atoms with van der Waals surface area (Å²) < 4.78 is 21.0. The molecule has 5 N–H and O–H groups in total. The van der Waals surface area contributed by atoms with Crippen molar-refractivity contribution in [3.05, 3.63) is 0 Å². The van der Waals surface area contributed by atoms with Crippen molar-refractivity contribution in [1.82, 2.24) is 4.90 Å². The molecule has 10 atom stereocenters. The number of carbonyl (C=O) groups excluding carboxylic acids is 1. The first kappa shape index (κ1) is 21.2. The summed E-state index contributed by atoms with van der Waals surface area (Å²) in [6.07, 6.45) is -11.0. The van der Waals surface area contributed by atoms with Gasteiger partial charge in [0.15, 0.2) is 12.6 Å². The van der Waals surface area contributed by atoms with E-state index in [2.05, 4.69) is 0 Å². The van der Waals surface area contributed by atoms with Gasteiger partial charge >= 0.3 is 0 Å². The van der Waals surface area contributed by atoms with Crippen molar-refractivity contribution >= 4 is 17.7 Å². The molecule has 3 saturated heterocycles. The maximum Gasteiger partial charge on any atom is 0.233 e. The van der Waals surface area contributed by atoms with E-state index in [4.69, 9.17) is 18.9 Å². The first-order chi connectivity index (χ1) is 12.8. The normalized spacial score (nSPS) is 48.4. The summed E-state index contributed by atoms with van der Waals surface area (Å²) in [7, 11) is 2.61. The highest BCUT2D eigenvalue weighted by Crippen LogP contribution is 2.36. The van der Waals surface area contributed by atoms with Gasteiger partial charge in [-0.25, -0.2) is 0 Å². The highest BCUT2D eigenvalue weighted by atomic mass is 32.2. The largest absolute Gasteiger partial charge is 0.388 e. The number of hydrogen-bond acceptors (Lipinski definition) is 11. The number of thioether (sulfide) groups is 1. The molecule has 0 bridgehead atoms. The van der Waals surface area contributed by atoms with Crippen LogP contribution in [0.3, 0.4) is 0 Å². The van der Waals surface area contributed by atoms with Crippen LogP contribution in [-0.4, -0.2) is 124 Å². The first-order valence-corrected chi connectivity index (χ1v) is 9.53. The Morgan fingerprint density at radius 3 is 2.15 bits per heavy atom. The second-order valence-electron chi connectivity index (χ2n) is 6.68. The molecule has 3 aliphatic heterocycles. The smallest absolute Gasteiger partial charge is 0.233 e. The zero-order chi connectivity index (χ0) is 19.9. The fourth-order valence-corrected chi connectivity index (χ4v) is 4.79. The second kappa shape index (κ2) is 8.45. The van der Waals surface area contributed by atoms with Gasteiger partial charge < -0.3 is 49.4 Å². The van der Waals surface area contributed by atoms with E-state index in [0.717, 1.165) is 0 Å². The molecule has 0 aromatic rings. The number of aliphatic hydroxyl groups is 5. The van der Waals surface area contributed by atoms with Crippen LogP contribution in [0.15, 0.2) is 0 Å². The van der Waals surface area contributed by atoms with Crippen LogP contribution < -0.4 is 0 Å². The van der Waals surface area contributed by atoms with Crippen LogP contribution in [-0.2, 0) is 23.7 Å². The summed E-state index contributed by atoms with van der Waals surface area (Å²) >= 11 is 1.22. The average molecular weight is 411 g/mol. The Bertz CT molecular complexity index is 539. The van der Waals surface area contributed by atoms with E-state index in [0.29, 0.717) is 0 Å². The molecule has 3 fully saturated rings. The maximum absolute atomic E-state index is 12.4. The van der Waals surface area contributed by atoms with Crippen molar-refractivity contribution in [1.29, 1.82) is 0 Å². The second-order valence-corrected chi connectivity index (χ2v) is 7.79. The molecular weight excluding hydrogens is 386 g/mol. The van der Waals surface area contributed by atoms with E-state index in [1.165, 1.54) is 30.9 Å². The molecule has 0 saturated carbocycles. The molecule has 3 heterocycles. The number of hydrogen-bond donors (Lipinski definition) is 5. The summed E-state index contributed by atoms with van der Waals surface area (Å²) in [5, 5.41) is 49.6. The first-order valence-electron chi connectivity index (χ1n) is 8.48. The SMILES string of the molecule is CO[C@H]1O[C@H](CN2C(=O)CSC2[C@@H]2O[C@@H](OC)[C@H](O)[C@@H]2O)[C@@H](O)[C@H](O)[C@H]1O. The lowest BCUT2D eigenvalue weighted by Crippen LogP contribution is -2.61. The number of aliphatic hydroxyl groups excluding tert-OH is 5. The van der Waals surface area contributed by atoms with E-state index in [9.17, 15) is 30.3 Å². The minimum Gasteiger partial charge on any atom is -0.388 e. The van der Waals surface area contributed by atoms with Gasteiger partial charge in [-0.2, -0.15) is 0 Å². The third-order valence-electron chi connectivity index (χ3n) is 5.05. The van der Waals surface area contributed by atoms with Gasteiger partial charge in [0.05, 0.1) is 12.3 Å². The van der Waals surface area contributed by atoms with Crippen molar-refractivity contribution in [2.24, 2.45) is 0 Å². The van der Waals surface area contributed by atoms with Crippen LogP contribution in [0.5, 0.6) is 0 Å². The van der Waals surface area contributed by atoms with E-state index in [-0.39, 0.29) is 18.2 Å². The third-order valence-corrected chi connectivity index (χ3v) is 6.33. The van der Waals surface area contributed by atoms with E-state index in [1.54, 1.807) is 0 Å². The standard InChI is InChI=1S/C15H25NO10S/c1-23-14-10(21)8(19)7(18)5(25-14)3-16-6(17)4-27-13(16)12-9(20)11(22)15(24-2)26-12/h5,7-15,18-22H,3-4H2,1-2H3/t5-,7-,8+,9+,10-,11-,12-,13?,14+,15-/m1/s1. The van der Waals surface area contributed by atoms with Crippen molar-refractivity contribution < 1.29 is 49.3 Å². The number of nitrogens with zero attached hydrogens (tertiary/aromatic N) is 1. The predicted molar refractivity (Wildman–Crippen MR) is 89.3 cm³/mol. The van der Waals surface area contributed by atoms with Gasteiger partial charge in [0.25, 0.3) is 0 Å². The molecule has 1 unspecified atom stereocenters. The molecule has 0 radical (unpaired) electrons. The molecule has 0 aliphatic carbocycles. The van der Waals surface area contributed by atoms with Crippen molar-refractivity contribution in [2.45, 2.75) is 60.7 Å². The van der Waals surface area contributed by atoms with Gasteiger partial charge in [0.2, 0.25) is 5.91 Å². The van der Waals surface area contributed by atoms with Crippen molar-refractivity contribution in [3.8, 4) is 0 Å². The fraction of sp³-hybridized carbons (Fsp3) is 0.933. The molecule has 12 heteroatoms. The summed E-state index contributed by atoms with van der Waals surface area (Å²) in [6.45, 7) is -0.123. The Morgan fingerprint density at radius 1 is 0.963 bits per heavy atom. The fourth-order valence-electron chi connectivity index (χ4n) is 3.51. The summed E-state index contributed by atoms with van der Waals surface area (Å²) in [4.78, 5) is 13.7. The lowest BCUT2D eigenvalue weighted by atomic mass is 9.98. The summed E-state index contributed by atoms with van der Waals surface area (Å²) in [5.41, 5.74) is 0. The summed E-state index contributed by atoms with van der Waals surface area (Å²) in [5.74, 6) is -0.159. The molecule has 0 aromatic carbocycles. The molecule has 3 aliphatic rings. The topological polar surface area (TPSA) is 158 Å². The van der Waals surface area contributed by atoms with Crippen molar-refractivity contribution in [2.75, 3.05) is 26.5 Å². The Hall–Kier alpha value is -0.540. The molecule has 3 rings (SSSR count). The van der Waals surface area contributed by atoms with Gasteiger partial charge in [0.1, 0.15) is 48.1 Å². The van der Waals surface area contributed by atoms with Crippen LogP contribution in [0, 0.1) is 0 Å². The van der Waals surface area contributed by atoms with Crippen molar-refractivity contribution in [3.63, 3.8) is 0 Å². The molecule has 0 spiro atoms. The molecule has 0 aromatic heterocycles. The maximum atomic E-state index is 12.4. The molecule has 156 valence electrons. The number of ether oxygens (including phenoxy) is 4. The lowest BCUT2D eigenvalue weighted by Gasteiger charge is -2.42. The molecular formula is C15H25NO10S. The Labute approximate surface area is 159 Å². The number of amides is 1. The lowest BCUT2D eigenvalue weighted by molar-refractivity contribution is -0.291. The molecule has 11 nitrogen and oxygen atoms in total. The van der Waals surface area contributed by atoms with Gasteiger partial charge in [0, 0.05) is 14.2 Å². The van der Waals surface area contributed by atoms with Crippen LogP contribution >= 0.6 is 11.8 Å². The Kier molecular flexibility index (Phi) is 6.63. The van der Waals surface area contributed by atoms with Crippen LogP contribution in [0.1, 0.15) is 0 Å². The highest BCUT2D eigenvalue weighted by Gasteiger charge is 2.52. The van der Waals surface area contributed by atoms with Gasteiger partial charge in [-0.05, 0) is 0 Å². The van der Waals surface area contributed by atoms with Gasteiger partial charge in [-0.15, -0.1) is 11.8 Å². The van der Waals surface area contributed by atoms with E-state index < -0.39 is 60.7 Å². The zero-order valence-corrected chi connectivity index (χ0v) is 15.6. The molecule has 1 amide bonds. The number of methoxy groups -OCH3 is 2. The van der Waals surface area contributed by atoms with Gasteiger partial charge in [-0.3, -0.25) is 4.79 Å². The van der Waals surface area contributed by atoms with Crippen LogP contribution in [0.2, 0.25) is 0 Å². The zero-order valence-electron chi connectivity index (χ0n) is 14.8. The van der Waals surface area contributed by atoms with Crippen LogP contribution in [0.4, 0.5) is 0 Å². The third kappa shape index (κ3) is 3.83. The van der Waals surface area contributed by atoms with Gasteiger partial charge in [-0.1, -0.05) is 0 Å². The summed E-state index contributed by atoms with van der Waals surface area (Å²) in [6, 6.07) is 0. The van der Waals surface area contributed by atoms with E-state index in [1.807, 2.05) is 0 Å². The quantitative estimate of drug-likeness (QED) is 0.305. The Morgan fingerprint density at radius 2 is 1.56 bits per heavy atom. The Balaban J connectivity index is 1.73. The monoisotopic (exact) mass is 411 g/mol. The molecule has 27 heavy (non-hydrogen) atoms. The van der Waals surface area contributed by atoms with Crippen LogP contribution in [0.25, 0.3) is 0 Å². The number of carbonyl (C=O) groups is 1. The minimum atomic E-state index is -1.51. The minimum absolute atomic E-state index is 0.118. The predicted octanol–water partition coefficient (Wildman–Crippen LogP) is -3.56. The average Bonchev–Trinajstić information content (AvgIpc) is 3.15. The highest BCUT2D eigenvalue weighted by molar-refractivity contribution is 8.01. The number of rotatable bonds is 5. The van der Waals surface area contributed by atoms with E-state index >= 15 is 0 Å².